The van der Waals surface area contributed by atoms with Crippen LogP contribution >= 0.6 is 0 Å². The number of fused-ring (bicyclic) bond motifs is 1. The second-order valence-corrected chi connectivity index (χ2v) is 9.07. The Morgan fingerprint density at radius 1 is 0.900 bits per heavy atom. The zero-order valence-corrected chi connectivity index (χ0v) is 18.1. The number of benzene rings is 1. The van der Waals surface area contributed by atoms with Crippen molar-refractivity contribution in [3.63, 3.8) is 0 Å². The quantitative estimate of drug-likeness (QED) is 0.598. The molecule has 158 valence electrons. The summed E-state index contributed by atoms with van der Waals surface area (Å²) in [6, 6.07) is 10.9. The lowest BCUT2D eigenvalue weighted by Crippen LogP contribution is -2.47. The lowest BCUT2D eigenvalue weighted by atomic mass is 10.3. The van der Waals surface area contributed by atoms with Gasteiger partial charge in [0.15, 0.2) is 0 Å². The molecule has 1 aliphatic heterocycles. The van der Waals surface area contributed by atoms with E-state index in [1.165, 1.54) is 4.31 Å². The summed E-state index contributed by atoms with van der Waals surface area (Å²) in [5, 5.41) is 0. The van der Waals surface area contributed by atoms with E-state index in [4.69, 9.17) is 4.98 Å². The van der Waals surface area contributed by atoms with Crippen molar-refractivity contribution < 1.29 is 8.42 Å². The summed E-state index contributed by atoms with van der Waals surface area (Å²) in [4.78, 5) is 18.4. The van der Waals surface area contributed by atoms with Gasteiger partial charge in [-0.3, -0.25) is 4.98 Å². The van der Waals surface area contributed by atoms with Gasteiger partial charge in [0, 0.05) is 45.5 Å². The molecule has 1 fully saturated rings. The van der Waals surface area contributed by atoms with Crippen LogP contribution in [0.5, 0.6) is 0 Å². The fraction of sp³-hybridized carbons (Fsp3) is 0.381. The Balaban J connectivity index is 1.52. The van der Waals surface area contributed by atoms with E-state index in [0.29, 0.717) is 24.1 Å². The molecule has 0 saturated carbocycles. The molecule has 1 aromatic carbocycles. The van der Waals surface area contributed by atoms with Crippen LogP contribution in [0, 0.1) is 0 Å². The summed E-state index contributed by atoms with van der Waals surface area (Å²) in [5.41, 5.74) is 1.28. The number of nitrogens with zero attached hydrogens (tertiary/aromatic N) is 6. The maximum absolute atomic E-state index is 12.8. The Labute approximate surface area is 177 Å². The van der Waals surface area contributed by atoms with E-state index in [-0.39, 0.29) is 4.90 Å². The van der Waals surface area contributed by atoms with Crippen molar-refractivity contribution in [2.75, 3.05) is 49.1 Å². The predicted molar refractivity (Wildman–Crippen MR) is 118 cm³/mol. The van der Waals surface area contributed by atoms with Crippen molar-refractivity contribution in [3.8, 4) is 0 Å². The number of anilines is 2. The van der Waals surface area contributed by atoms with E-state index < -0.39 is 10.0 Å². The minimum atomic E-state index is -3.51. The minimum absolute atomic E-state index is 0.254. The molecule has 0 radical (unpaired) electrons. The van der Waals surface area contributed by atoms with Crippen molar-refractivity contribution in [1.82, 2.24) is 19.3 Å². The molecule has 1 saturated heterocycles. The standard InChI is InChI=1S/C21H26N6O2S/c1-3-27(4-2)30(28,29)17-8-9-18-19(15-17)23-16-21(24-18)26-13-11-25(12-14-26)20-7-5-6-10-22-20/h5-10,15-16H,3-4,11-14H2,1-2H3. The molecule has 0 atom stereocenters. The average molecular weight is 427 g/mol. The highest BCUT2D eigenvalue weighted by Crippen LogP contribution is 2.23. The molecule has 9 heteroatoms. The highest BCUT2D eigenvalue weighted by molar-refractivity contribution is 7.89. The number of hydrogen-bond acceptors (Lipinski definition) is 7. The molecule has 4 rings (SSSR count). The number of rotatable bonds is 6. The van der Waals surface area contributed by atoms with E-state index in [9.17, 15) is 8.42 Å². The van der Waals surface area contributed by atoms with Crippen LogP contribution < -0.4 is 9.80 Å². The fourth-order valence-corrected chi connectivity index (χ4v) is 5.19. The summed E-state index contributed by atoms with van der Waals surface area (Å²) in [5.74, 6) is 1.80. The molecule has 2 aromatic heterocycles. The van der Waals surface area contributed by atoms with Gasteiger partial charge < -0.3 is 9.80 Å². The third-order valence-corrected chi connectivity index (χ3v) is 7.47. The maximum Gasteiger partial charge on any atom is 0.243 e. The van der Waals surface area contributed by atoms with E-state index in [0.717, 1.165) is 37.8 Å². The zero-order valence-electron chi connectivity index (χ0n) is 17.3. The Bertz CT molecular complexity index is 1110. The molecule has 0 unspecified atom stereocenters. The largest absolute Gasteiger partial charge is 0.353 e. The van der Waals surface area contributed by atoms with Crippen molar-refractivity contribution in [3.05, 3.63) is 48.8 Å². The number of piperazine rings is 1. The summed E-state index contributed by atoms with van der Waals surface area (Å²) < 4.78 is 27.0. The first-order chi connectivity index (χ1) is 14.5. The molecule has 0 N–H and O–H groups in total. The van der Waals surface area contributed by atoms with Crippen LogP contribution in [0.4, 0.5) is 11.6 Å². The van der Waals surface area contributed by atoms with Gasteiger partial charge >= 0.3 is 0 Å². The first-order valence-electron chi connectivity index (χ1n) is 10.2. The summed E-state index contributed by atoms with van der Waals surface area (Å²) >= 11 is 0. The molecular weight excluding hydrogens is 400 g/mol. The molecule has 30 heavy (non-hydrogen) atoms. The molecular formula is C21H26N6O2S. The second kappa shape index (κ2) is 8.53. The number of hydrogen-bond donors (Lipinski definition) is 0. The lowest BCUT2D eigenvalue weighted by molar-refractivity contribution is 0.445. The third kappa shape index (κ3) is 3.95. The monoisotopic (exact) mass is 426 g/mol. The molecule has 0 spiro atoms. The zero-order chi connectivity index (χ0) is 21.1. The molecule has 3 heterocycles. The summed E-state index contributed by atoms with van der Waals surface area (Å²) in [7, 11) is -3.51. The SMILES string of the molecule is CCN(CC)S(=O)(=O)c1ccc2nc(N3CCN(c4ccccn4)CC3)cnc2c1. The fourth-order valence-electron chi connectivity index (χ4n) is 3.71. The average Bonchev–Trinajstić information content (AvgIpc) is 2.79. The van der Waals surface area contributed by atoms with Gasteiger partial charge in [-0.2, -0.15) is 4.31 Å². The molecule has 8 nitrogen and oxygen atoms in total. The Morgan fingerprint density at radius 3 is 2.23 bits per heavy atom. The molecule has 1 aliphatic rings. The van der Waals surface area contributed by atoms with E-state index in [2.05, 4.69) is 19.8 Å². The first kappa shape index (κ1) is 20.5. The van der Waals surface area contributed by atoms with Gasteiger partial charge in [0.05, 0.1) is 22.1 Å². The third-order valence-electron chi connectivity index (χ3n) is 5.42. The van der Waals surface area contributed by atoms with Gasteiger partial charge in [0.25, 0.3) is 0 Å². The van der Waals surface area contributed by atoms with Crippen molar-refractivity contribution in [2.24, 2.45) is 0 Å². The number of aromatic nitrogens is 3. The van der Waals surface area contributed by atoms with Gasteiger partial charge in [-0.15, -0.1) is 0 Å². The van der Waals surface area contributed by atoms with Crippen LogP contribution in [0.15, 0.2) is 53.7 Å². The van der Waals surface area contributed by atoms with Crippen molar-refractivity contribution >= 4 is 32.7 Å². The summed E-state index contributed by atoms with van der Waals surface area (Å²) in [6.45, 7) is 7.91. The van der Waals surface area contributed by atoms with Crippen LogP contribution in [-0.4, -0.2) is 66.9 Å². The van der Waals surface area contributed by atoms with E-state index in [1.54, 1.807) is 24.4 Å². The van der Waals surface area contributed by atoms with Gasteiger partial charge in [-0.25, -0.2) is 18.4 Å². The van der Waals surface area contributed by atoms with Gasteiger partial charge in [0.2, 0.25) is 10.0 Å². The highest BCUT2D eigenvalue weighted by atomic mass is 32.2. The highest BCUT2D eigenvalue weighted by Gasteiger charge is 2.23. The molecule has 0 aliphatic carbocycles. The lowest BCUT2D eigenvalue weighted by Gasteiger charge is -2.35. The molecule has 3 aromatic rings. The first-order valence-corrected chi connectivity index (χ1v) is 11.6. The van der Waals surface area contributed by atoms with Gasteiger partial charge in [-0.05, 0) is 30.3 Å². The number of sulfonamides is 1. The van der Waals surface area contributed by atoms with E-state index in [1.807, 2.05) is 38.2 Å². The molecule has 0 amide bonds. The van der Waals surface area contributed by atoms with Gasteiger partial charge in [-0.1, -0.05) is 19.9 Å². The number of pyridine rings is 1. The topological polar surface area (TPSA) is 82.5 Å². The van der Waals surface area contributed by atoms with Crippen LogP contribution in [-0.2, 0) is 10.0 Å². The van der Waals surface area contributed by atoms with Crippen LogP contribution in [0.2, 0.25) is 0 Å². The second-order valence-electron chi connectivity index (χ2n) is 7.13. The predicted octanol–water partition coefficient (Wildman–Crippen LogP) is 2.38. The maximum atomic E-state index is 12.8. The Kier molecular flexibility index (Phi) is 5.83. The van der Waals surface area contributed by atoms with Crippen molar-refractivity contribution in [2.45, 2.75) is 18.7 Å². The van der Waals surface area contributed by atoms with E-state index >= 15 is 0 Å². The van der Waals surface area contributed by atoms with Gasteiger partial charge in [0.1, 0.15) is 11.6 Å². The Morgan fingerprint density at radius 2 is 1.60 bits per heavy atom. The summed E-state index contributed by atoms with van der Waals surface area (Å²) in [6.07, 6.45) is 3.54. The Hall–Kier alpha value is -2.78. The van der Waals surface area contributed by atoms with Crippen molar-refractivity contribution in [1.29, 1.82) is 0 Å². The normalized spacial score (nSPS) is 15.2. The van der Waals surface area contributed by atoms with Crippen LogP contribution in [0.3, 0.4) is 0 Å². The van der Waals surface area contributed by atoms with Crippen LogP contribution in [0.1, 0.15) is 13.8 Å². The van der Waals surface area contributed by atoms with Crippen LogP contribution in [0.25, 0.3) is 11.0 Å². The smallest absolute Gasteiger partial charge is 0.243 e. The molecule has 0 bridgehead atoms. The minimum Gasteiger partial charge on any atom is -0.353 e.